The normalized spacial score (nSPS) is 14.0. The summed E-state index contributed by atoms with van der Waals surface area (Å²) in [6, 6.07) is 20.3. The van der Waals surface area contributed by atoms with E-state index in [-0.39, 0.29) is 10.5 Å². The van der Waals surface area contributed by atoms with Crippen LogP contribution in [-0.4, -0.2) is 32.3 Å². The molecule has 0 unspecified atom stereocenters. The Bertz CT molecular complexity index is 1150. The molecule has 0 bridgehead atoms. The first-order valence-electron chi connectivity index (χ1n) is 9.50. The van der Waals surface area contributed by atoms with Gasteiger partial charge >= 0.3 is 5.97 Å². The Kier molecular flexibility index (Phi) is 5.57. The second kappa shape index (κ2) is 8.30. The van der Waals surface area contributed by atoms with Crippen LogP contribution in [0.4, 0.5) is 0 Å². The van der Waals surface area contributed by atoms with Crippen molar-refractivity contribution >= 4 is 16.0 Å². The van der Waals surface area contributed by atoms with Crippen LogP contribution in [0.3, 0.4) is 0 Å². The summed E-state index contributed by atoms with van der Waals surface area (Å²) < 4.78 is 37.9. The lowest BCUT2D eigenvalue weighted by Crippen LogP contribution is -2.35. The largest absolute Gasteiger partial charge is 0.497 e. The van der Waals surface area contributed by atoms with Gasteiger partial charge in [0.1, 0.15) is 11.5 Å². The van der Waals surface area contributed by atoms with E-state index in [4.69, 9.17) is 9.47 Å². The summed E-state index contributed by atoms with van der Waals surface area (Å²) in [7, 11) is -2.09. The highest BCUT2D eigenvalue weighted by Crippen LogP contribution is 2.25. The van der Waals surface area contributed by atoms with Crippen LogP contribution in [0, 0.1) is 0 Å². The Balaban J connectivity index is 1.47. The van der Waals surface area contributed by atoms with E-state index >= 15 is 0 Å². The summed E-state index contributed by atoms with van der Waals surface area (Å²) in [5, 5.41) is 0. The van der Waals surface area contributed by atoms with Crippen LogP contribution < -0.4 is 9.47 Å². The summed E-state index contributed by atoms with van der Waals surface area (Å²) in [5.74, 6) is 0.477. The molecule has 0 N–H and O–H groups in total. The summed E-state index contributed by atoms with van der Waals surface area (Å²) >= 11 is 0. The number of carbonyl (C=O) groups is 1. The van der Waals surface area contributed by atoms with Crippen LogP contribution in [0.2, 0.25) is 0 Å². The molecule has 0 saturated heterocycles. The first kappa shape index (κ1) is 20.1. The fraction of sp³-hybridized carbons (Fsp3) is 0.174. The van der Waals surface area contributed by atoms with Gasteiger partial charge in [-0.3, -0.25) is 0 Å². The highest BCUT2D eigenvalue weighted by Gasteiger charge is 2.28. The Labute approximate surface area is 175 Å². The van der Waals surface area contributed by atoms with Crippen LogP contribution in [0.1, 0.15) is 21.5 Å². The maximum atomic E-state index is 13.0. The van der Waals surface area contributed by atoms with Gasteiger partial charge in [0.15, 0.2) is 0 Å². The monoisotopic (exact) mass is 423 g/mol. The van der Waals surface area contributed by atoms with Crippen molar-refractivity contribution in [2.75, 3.05) is 13.7 Å². The van der Waals surface area contributed by atoms with Crippen LogP contribution >= 0.6 is 0 Å². The summed E-state index contributed by atoms with van der Waals surface area (Å²) in [5.41, 5.74) is 2.47. The van der Waals surface area contributed by atoms with Crippen molar-refractivity contribution in [2.45, 2.75) is 17.9 Å². The molecule has 1 aliphatic heterocycles. The molecule has 0 atom stereocenters. The maximum Gasteiger partial charge on any atom is 0.343 e. The van der Waals surface area contributed by atoms with Crippen molar-refractivity contribution < 1.29 is 22.7 Å². The molecule has 3 aromatic rings. The van der Waals surface area contributed by atoms with E-state index < -0.39 is 16.0 Å². The van der Waals surface area contributed by atoms with Crippen LogP contribution in [-0.2, 0) is 23.0 Å². The second-order valence-corrected chi connectivity index (χ2v) is 8.88. The van der Waals surface area contributed by atoms with Crippen molar-refractivity contribution in [1.82, 2.24) is 4.31 Å². The Morgan fingerprint density at radius 2 is 1.50 bits per heavy atom. The average Bonchev–Trinajstić information content (AvgIpc) is 2.79. The predicted octanol–water partition coefficient (Wildman–Crippen LogP) is 3.66. The third kappa shape index (κ3) is 4.08. The van der Waals surface area contributed by atoms with E-state index in [2.05, 4.69) is 0 Å². The van der Waals surface area contributed by atoms with Gasteiger partial charge in [-0.1, -0.05) is 24.3 Å². The lowest BCUT2D eigenvalue weighted by molar-refractivity contribution is 0.0734. The Hall–Kier alpha value is -3.16. The van der Waals surface area contributed by atoms with E-state index in [1.807, 2.05) is 24.3 Å². The molecule has 4 rings (SSSR count). The molecule has 0 amide bonds. The molecule has 0 aromatic heterocycles. The number of rotatable bonds is 5. The summed E-state index contributed by atoms with van der Waals surface area (Å²) in [6.07, 6.45) is 0.682. The molecule has 7 heteroatoms. The summed E-state index contributed by atoms with van der Waals surface area (Å²) in [4.78, 5) is 12.5. The fourth-order valence-electron chi connectivity index (χ4n) is 3.40. The lowest BCUT2D eigenvalue weighted by Gasteiger charge is -2.28. The second-order valence-electron chi connectivity index (χ2n) is 6.95. The fourth-order valence-corrected chi connectivity index (χ4v) is 4.82. The number of hydrogen-bond donors (Lipinski definition) is 0. The Morgan fingerprint density at radius 1 is 0.867 bits per heavy atom. The molecule has 0 saturated carbocycles. The number of benzene rings is 3. The van der Waals surface area contributed by atoms with Crippen molar-refractivity contribution in [3.05, 3.63) is 89.5 Å². The van der Waals surface area contributed by atoms with E-state index in [1.54, 1.807) is 31.4 Å². The highest BCUT2D eigenvalue weighted by molar-refractivity contribution is 7.89. The van der Waals surface area contributed by atoms with E-state index in [0.29, 0.717) is 31.0 Å². The molecule has 154 valence electrons. The van der Waals surface area contributed by atoms with Gasteiger partial charge in [0, 0.05) is 13.1 Å². The minimum Gasteiger partial charge on any atom is -0.497 e. The summed E-state index contributed by atoms with van der Waals surface area (Å²) in [6.45, 7) is 0.778. The SMILES string of the molecule is COc1ccc(OC(=O)c2ccc(S(=O)(=O)N3CCc4ccccc4C3)cc2)cc1. The highest BCUT2D eigenvalue weighted by atomic mass is 32.2. The maximum absolute atomic E-state index is 13.0. The molecule has 6 nitrogen and oxygen atoms in total. The molecular weight excluding hydrogens is 402 g/mol. The standard InChI is InChI=1S/C23H21NO5S/c1-28-20-8-10-21(11-9-20)29-23(25)18-6-12-22(13-7-18)30(26,27)24-15-14-17-4-2-3-5-19(17)16-24/h2-13H,14-16H2,1H3. The van der Waals surface area contributed by atoms with Crippen molar-refractivity contribution in [1.29, 1.82) is 0 Å². The lowest BCUT2D eigenvalue weighted by atomic mass is 10.0. The third-order valence-electron chi connectivity index (χ3n) is 5.09. The Morgan fingerprint density at radius 3 is 2.17 bits per heavy atom. The molecule has 1 heterocycles. The number of carbonyl (C=O) groups excluding carboxylic acids is 1. The van der Waals surface area contributed by atoms with Gasteiger partial charge in [-0.2, -0.15) is 4.31 Å². The number of sulfonamides is 1. The molecule has 0 spiro atoms. The number of nitrogens with zero attached hydrogens (tertiary/aromatic N) is 1. The van der Waals surface area contributed by atoms with Crippen molar-refractivity contribution in [3.8, 4) is 11.5 Å². The molecule has 0 aliphatic carbocycles. The predicted molar refractivity (Wildman–Crippen MR) is 112 cm³/mol. The zero-order valence-corrected chi connectivity index (χ0v) is 17.3. The third-order valence-corrected chi connectivity index (χ3v) is 6.95. The molecule has 3 aromatic carbocycles. The van der Waals surface area contributed by atoms with Gasteiger partial charge in [0.05, 0.1) is 17.6 Å². The quantitative estimate of drug-likeness (QED) is 0.463. The van der Waals surface area contributed by atoms with Gasteiger partial charge in [-0.15, -0.1) is 0 Å². The van der Waals surface area contributed by atoms with Gasteiger partial charge in [-0.05, 0) is 66.1 Å². The smallest absolute Gasteiger partial charge is 0.343 e. The van der Waals surface area contributed by atoms with Crippen LogP contribution in [0.5, 0.6) is 11.5 Å². The first-order chi connectivity index (χ1) is 14.5. The van der Waals surface area contributed by atoms with Crippen LogP contribution in [0.15, 0.2) is 77.7 Å². The molecule has 30 heavy (non-hydrogen) atoms. The van der Waals surface area contributed by atoms with Gasteiger partial charge in [-0.25, -0.2) is 13.2 Å². The minimum atomic E-state index is -3.65. The number of hydrogen-bond acceptors (Lipinski definition) is 5. The van der Waals surface area contributed by atoms with Gasteiger partial charge in [0.25, 0.3) is 0 Å². The minimum absolute atomic E-state index is 0.155. The van der Waals surface area contributed by atoms with E-state index in [9.17, 15) is 13.2 Å². The van der Waals surface area contributed by atoms with Gasteiger partial charge in [0.2, 0.25) is 10.0 Å². The van der Waals surface area contributed by atoms with E-state index in [0.717, 1.165) is 5.56 Å². The van der Waals surface area contributed by atoms with E-state index in [1.165, 1.54) is 34.1 Å². The van der Waals surface area contributed by atoms with Crippen molar-refractivity contribution in [2.24, 2.45) is 0 Å². The first-order valence-corrected chi connectivity index (χ1v) is 10.9. The zero-order chi connectivity index (χ0) is 21.1. The number of fused-ring (bicyclic) bond motifs is 1. The molecule has 1 aliphatic rings. The van der Waals surface area contributed by atoms with Crippen LogP contribution in [0.25, 0.3) is 0 Å². The number of esters is 1. The topological polar surface area (TPSA) is 72.9 Å². The average molecular weight is 423 g/mol. The number of methoxy groups -OCH3 is 1. The zero-order valence-electron chi connectivity index (χ0n) is 16.4. The molecule has 0 fully saturated rings. The van der Waals surface area contributed by atoms with Crippen molar-refractivity contribution in [3.63, 3.8) is 0 Å². The molecular formula is C23H21NO5S. The number of ether oxygens (including phenoxy) is 2. The van der Waals surface area contributed by atoms with Gasteiger partial charge < -0.3 is 9.47 Å². The molecule has 0 radical (unpaired) electrons.